The molecule has 0 atom stereocenters. The Morgan fingerprint density at radius 2 is 2.11 bits per heavy atom. The Balaban J connectivity index is 2.84. The molecule has 1 amide bonds. The molecule has 0 aromatic heterocycles. The zero-order valence-electron chi connectivity index (χ0n) is 11.5. The van der Waals surface area contributed by atoms with Crippen LogP contribution >= 0.6 is 11.8 Å². The van der Waals surface area contributed by atoms with Crippen LogP contribution in [0.4, 0.5) is 0 Å². The molecule has 104 valence electrons. The molecule has 0 aliphatic heterocycles. The summed E-state index contributed by atoms with van der Waals surface area (Å²) in [7, 11) is 1.32. The highest BCUT2D eigenvalue weighted by Crippen LogP contribution is 2.13. The van der Waals surface area contributed by atoms with Gasteiger partial charge in [-0.25, -0.2) is 0 Å². The summed E-state index contributed by atoms with van der Waals surface area (Å²) in [5.41, 5.74) is 1.71. The molecule has 1 aromatic rings. The Morgan fingerprint density at radius 1 is 1.37 bits per heavy atom. The average molecular weight is 281 g/mol. The summed E-state index contributed by atoms with van der Waals surface area (Å²) in [5.74, 6) is 0.316. The minimum Gasteiger partial charge on any atom is -0.468 e. The standard InChI is InChI=1S/C14H19NO3S/c1-4-15(9-13(16)18-2)14(17)12-7-5-6-11(8-12)10-19-3/h5-8H,4,9-10H2,1-3H3. The van der Waals surface area contributed by atoms with Gasteiger partial charge in [0.25, 0.3) is 5.91 Å². The van der Waals surface area contributed by atoms with Gasteiger partial charge in [-0.1, -0.05) is 12.1 Å². The Kier molecular flexibility index (Phi) is 6.42. The fourth-order valence-electron chi connectivity index (χ4n) is 1.69. The van der Waals surface area contributed by atoms with Gasteiger partial charge in [0, 0.05) is 17.9 Å². The SMILES string of the molecule is CCN(CC(=O)OC)C(=O)c1cccc(CSC)c1. The normalized spacial score (nSPS) is 10.1. The maximum absolute atomic E-state index is 12.3. The van der Waals surface area contributed by atoms with Crippen LogP contribution in [0.5, 0.6) is 0 Å². The number of likely N-dealkylation sites (N-methyl/N-ethyl adjacent to an activating group) is 1. The van der Waals surface area contributed by atoms with Gasteiger partial charge in [-0.05, 0) is 30.9 Å². The number of esters is 1. The molecule has 0 N–H and O–H groups in total. The second kappa shape index (κ2) is 7.84. The van der Waals surface area contributed by atoms with E-state index in [0.29, 0.717) is 12.1 Å². The van der Waals surface area contributed by atoms with Crippen molar-refractivity contribution in [3.8, 4) is 0 Å². The third-order valence-electron chi connectivity index (χ3n) is 2.70. The van der Waals surface area contributed by atoms with Crippen LogP contribution in [0.3, 0.4) is 0 Å². The second-order valence-corrected chi connectivity index (χ2v) is 4.89. The number of carbonyl (C=O) groups excluding carboxylic acids is 2. The van der Waals surface area contributed by atoms with Crippen molar-refractivity contribution in [1.82, 2.24) is 4.90 Å². The molecule has 0 saturated carbocycles. The molecule has 0 unspecified atom stereocenters. The van der Waals surface area contributed by atoms with E-state index in [1.807, 2.05) is 31.4 Å². The number of rotatable bonds is 6. The van der Waals surface area contributed by atoms with E-state index in [1.54, 1.807) is 17.8 Å². The van der Waals surface area contributed by atoms with Gasteiger partial charge in [0.1, 0.15) is 6.54 Å². The lowest BCUT2D eigenvalue weighted by molar-refractivity contribution is -0.141. The molecule has 4 nitrogen and oxygen atoms in total. The molecule has 0 fully saturated rings. The van der Waals surface area contributed by atoms with Crippen molar-refractivity contribution in [1.29, 1.82) is 0 Å². The number of amides is 1. The van der Waals surface area contributed by atoms with Gasteiger partial charge in [-0.2, -0.15) is 11.8 Å². The van der Waals surface area contributed by atoms with Crippen LogP contribution in [-0.4, -0.2) is 43.2 Å². The lowest BCUT2D eigenvalue weighted by atomic mass is 10.1. The number of thioether (sulfide) groups is 1. The number of hydrogen-bond acceptors (Lipinski definition) is 4. The van der Waals surface area contributed by atoms with Gasteiger partial charge in [0.15, 0.2) is 0 Å². The highest BCUT2D eigenvalue weighted by molar-refractivity contribution is 7.97. The van der Waals surface area contributed by atoms with Gasteiger partial charge in [0.2, 0.25) is 0 Å². The predicted molar refractivity (Wildman–Crippen MR) is 77.3 cm³/mol. The van der Waals surface area contributed by atoms with Crippen molar-refractivity contribution in [2.45, 2.75) is 12.7 Å². The minimum absolute atomic E-state index is 0.0153. The van der Waals surface area contributed by atoms with E-state index in [4.69, 9.17) is 0 Å². The van der Waals surface area contributed by atoms with E-state index in [1.165, 1.54) is 12.0 Å². The number of ether oxygens (including phenoxy) is 1. The Hall–Kier alpha value is -1.49. The molecule has 19 heavy (non-hydrogen) atoms. The van der Waals surface area contributed by atoms with E-state index in [-0.39, 0.29) is 12.5 Å². The van der Waals surface area contributed by atoms with Crippen LogP contribution < -0.4 is 0 Å². The zero-order chi connectivity index (χ0) is 14.3. The first-order valence-electron chi connectivity index (χ1n) is 6.06. The van der Waals surface area contributed by atoms with Crippen molar-refractivity contribution in [3.63, 3.8) is 0 Å². The van der Waals surface area contributed by atoms with Crippen molar-refractivity contribution >= 4 is 23.6 Å². The summed E-state index contributed by atoms with van der Waals surface area (Å²) in [4.78, 5) is 25.0. The summed E-state index contributed by atoms with van der Waals surface area (Å²) >= 11 is 1.70. The monoisotopic (exact) mass is 281 g/mol. The van der Waals surface area contributed by atoms with Crippen molar-refractivity contribution in [2.75, 3.05) is 26.5 Å². The first-order chi connectivity index (χ1) is 9.12. The fraction of sp³-hybridized carbons (Fsp3) is 0.429. The zero-order valence-corrected chi connectivity index (χ0v) is 12.3. The van der Waals surface area contributed by atoms with E-state index in [9.17, 15) is 9.59 Å². The molecular weight excluding hydrogens is 262 g/mol. The van der Waals surface area contributed by atoms with Crippen LogP contribution in [0, 0.1) is 0 Å². The molecule has 1 aromatic carbocycles. The quantitative estimate of drug-likeness (QED) is 0.750. The van der Waals surface area contributed by atoms with Crippen LogP contribution in [-0.2, 0) is 15.3 Å². The molecule has 0 radical (unpaired) electrons. The van der Waals surface area contributed by atoms with Crippen LogP contribution in [0.1, 0.15) is 22.8 Å². The molecule has 0 aliphatic rings. The number of carbonyl (C=O) groups is 2. The van der Waals surface area contributed by atoms with Crippen LogP contribution in [0.15, 0.2) is 24.3 Å². The number of nitrogens with zero attached hydrogens (tertiary/aromatic N) is 1. The summed E-state index contributed by atoms with van der Waals surface area (Å²) in [6, 6.07) is 7.50. The smallest absolute Gasteiger partial charge is 0.325 e. The molecule has 0 bridgehead atoms. The summed E-state index contributed by atoms with van der Waals surface area (Å²) in [6.45, 7) is 2.30. The molecular formula is C14H19NO3S. The number of benzene rings is 1. The first kappa shape index (κ1) is 15.6. The molecule has 0 spiro atoms. The lowest BCUT2D eigenvalue weighted by Gasteiger charge is -2.19. The summed E-state index contributed by atoms with van der Waals surface area (Å²) in [5, 5.41) is 0. The molecule has 0 aliphatic carbocycles. The predicted octanol–water partition coefficient (Wildman–Crippen LogP) is 2.18. The molecule has 0 saturated heterocycles. The maximum Gasteiger partial charge on any atom is 0.325 e. The first-order valence-corrected chi connectivity index (χ1v) is 7.45. The minimum atomic E-state index is -0.407. The van der Waals surface area contributed by atoms with Gasteiger partial charge in [-0.15, -0.1) is 0 Å². The van der Waals surface area contributed by atoms with Crippen molar-refractivity contribution in [2.24, 2.45) is 0 Å². The molecule has 5 heteroatoms. The van der Waals surface area contributed by atoms with Crippen LogP contribution in [0.25, 0.3) is 0 Å². The summed E-state index contributed by atoms with van der Waals surface area (Å²) < 4.78 is 4.59. The highest BCUT2D eigenvalue weighted by atomic mass is 32.2. The van der Waals surface area contributed by atoms with Gasteiger partial charge < -0.3 is 9.64 Å². The van der Waals surface area contributed by atoms with Gasteiger partial charge in [-0.3, -0.25) is 9.59 Å². The van der Waals surface area contributed by atoms with E-state index >= 15 is 0 Å². The number of hydrogen-bond donors (Lipinski definition) is 0. The third kappa shape index (κ3) is 4.59. The van der Waals surface area contributed by atoms with Crippen LogP contribution in [0.2, 0.25) is 0 Å². The second-order valence-electron chi connectivity index (χ2n) is 4.03. The third-order valence-corrected chi connectivity index (χ3v) is 3.32. The van der Waals surface area contributed by atoms with E-state index in [0.717, 1.165) is 11.3 Å². The average Bonchev–Trinajstić information content (AvgIpc) is 2.44. The Morgan fingerprint density at radius 3 is 2.68 bits per heavy atom. The van der Waals surface area contributed by atoms with Gasteiger partial charge >= 0.3 is 5.97 Å². The van der Waals surface area contributed by atoms with E-state index < -0.39 is 5.97 Å². The highest BCUT2D eigenvalue weighted by Gasteiger charge is 2.17. The summed E-state index contributed by atoms with van der Waals surface area (Å²) in [6.07, 6.45) is 2.02. The fourth-order valence-corrected chi connectivity index (χ4v) is 2.20. The van der Waals surface area contributed by atoms with Crippen molar-refractivity contribution < 1.29 is 14.3 Å². The largest absolute Gasteiger partial charge is 0.468 e. The molecule has 0 heterocycles. The molecule has 1 rings (SSSR count). The Labute approximate surface area is 118 Å². The van der Waals surface area contributed by atoms with E-state index in [2.05, 4.69) is 4.74 Å². The number of methoxy groups -OCH3 is 1. The van der Waals surface area contributed by atoms with Gasteiger partial charge in [0.05, 0.1) is 7.11 Å². The van der Waals surface area contributed by atoms with Crippen molar-refractivity contribution in [3.05, 3.63) is 35.4 Å². The lowest BCUT2D eigenvalue weighted by Crippen LogP contribution is -2.36. The topological polar surface area (TPSA) is 46.6 Å². The maximum atomic E-state index is 12.3. The Bertz CT molecular complexity index is 448.